The van der Waals surface area contributed by atoms with Gasteiger partial charge in [0.15, 0.2) is 0 Å². The first-order valence-corrected chi connectivity index (χ1v) is 5.14. The maximum atomic E-state index is 4.43. The molecule has 1 heterocycles. The predicted molar refractivity (Wildman–Crippen MR) is 51.5 cm³/mol. The van der Waals surface area contributed by atoms with Gasteiger partial charge in [-0.25, -0.2) is 0 Å². The number of rotatable bonds is 1. The lowest BCUT2D eigenvalue weighted by molar-refractivity contribution is 0.569. The highest BCUT2D eigenvalue weighted by Crippen LogP contribution is 2.24. The van der Waals surface area contributed by atoms with Crippen LogP contribution >= 0.6 is 0 Å². The van der Waals surface area contributed by atoms with Crippen molar-refractivity contribution in [2.45, 2.75) is 45.1 Å². The van der Waals surface area contributed by atoms with Crippen molar-refractivity contribution in [3.63, 3.8) is 0 Å². The van der Waals surface area contributed by atoms with Gasteiger partial charge in [0.05, 0.1) is 5.84 Å². The van der Waals surface area contributed by atoms with Crippen molar-refractivity contribution in [1.82, 2.24) is 5.32 Å². The van der Waals surface area contributed by atoms with Gasteiger partial charge in [-0.2, -0.15) is 0 Å². The number of nitrogens with zero attached hydrogens (tertiary/aromatic N) is 1. The summed E-state index contributed by atoms with van der Waals surface area (Å²) in [4.78, 5) is 4.43. The molecule has 2 atom stereocenters. The highest BCUT2D eigenvalue weighted by atomic mass is 15.0. The van der Waals surface area contributed by atoms with E-state index in [1.165, 1.54) is 37.9 Å². The number of hydrogen-bond donors (Lipinski definition) is 1. The monoisotopic (exact) mass is 166 g/mol. The van der Waals surface area contributed by atoms with E-state index >= 15 is 0 Å². The zero-order valence-electron chi connectivity index (χ0n) is 7.84. The summed E-state index contributed by atoms with van der Waals surface area (Å²) in [5.74, 6) is 2.19. The van der Waals surface area contributed by atoms with Gasteiger partial charge < -0.3 is 5.32 Å². The van der Waals surface area contributed by atoms with Gasteiger partial charge in [-0.05, 0) is 31.6 Å². The van der Waals surface area contributed by atoms with Gasteiger partial charge in [-0.15, -0.1) is 0 Å². The standard InChI is InChI=1S/C10H18N2/c1-8-4-5-9(7-8)12-10-3-2-6-11-10/h8-9H,2-7H2,1H3,(H,11,12). The average Bonchev–Trinajstić information content (AvgIpc) is 2.63. The van der Waals surface area contributed by atoms with Crippen LogP contribution in [0.4, 0.5) is 0 Å². The van der Waals surface area contributed by atoms with Crippen LogP contribution in [-0.4, -0.2) is 18.4 Å². The molecule has 2 rings (SSSR count). The van der Waals surface area contributed by atoms with Crippen molar-refractivity contribution < 1.29 is 0 Å². The summed E-state index contributed by atoms with van der Waals surface area (Å²) >= 11 is 0. The summed E-state index contributed by atoms with van der Waals surface area (Å²) in [6, 6.07) is 0.733. The normalized spacial score (nSPS) is 35.2. The molecule has 1 fully saturated rings. The van der Waals surface area contributed by atoms with Crippen LogP contribution in [0.2, 0.25) is 0 Å². The Bertz CT molecular complexity index is 186. The van der Waals surface area contributed by atoms with Gasteiger partial charge >= 0.3 is 0 Å². The fourth-order valence-electron chi connectivity index (χ4n) is 2.23. The molecule has 1 aliphatic heterocycles. The third-order valence-electron chi connectivity index (χ3n) is 2.94. The van der Waals surface area contributed by atoms with E-state index in [-0.39, 0.29) is 0 Å². The summed E-state index contributed by atoms with van der Waals surface area (Å²) in [5.41, 5.74) is 0. The topological polar surface area (TPSA) is 24.4 Å². The quantitative estimate of drug-likeness (QED) is 0.632. The molecule has 0 aromatic heterocycles. The van der Waals surface area contributed by atoms with Crippen molar-refractivity contribution in [2.75, 3.05) is 6.54 Å². The zero-order valence-corrected chi connectivity index (χ0v) is 7.84. The summed E-state index contributed by atoms with van der Waals surface area (Å²) in [7, 11) is 0. The van der Waals surface area contributed by atoms with Crippen LogP contribution in [0.15, 0.2) is 4.99 Å². The van der Waals surface area contributed by atoms with Crippen LogP contribution in [0, 0.1) is 5.92 Å². The molecule has 68 valence electrons. The van der Waals surface area contributed by atoms with Gasteiger partial charge in [0.1, 0.15) is 0 Å². The lowest BCUT2D eigenvalue weighted by Crippen LogP contribution is -2.31. The van der Waals surface area contributed by atoms with Gasteiger partial charge in [0, 0.05) is 19.0 Å². The second kappa shape index (κ2) is 3.46. The van der Waals surface area contributed by atoms with Crippen LogP contribution in [0.3, 0.4) is 0 Å². The molecule has 0 bridgehead atoms. The maximum Gasteiger partial charge on any atom is 0.0965 e. The summed E-state index contributed by atoms with van der Waals surface area (Å²) in [6.45, 7) is 3.39. The Balaban J connectivity index is 1.79. The number of aliphatic imine (C=N–C) groups is 1. The van der Waals surface area contributed by atoms with E-state index < -0.39 is 0 Å². The van der Waals surface area contributed by atoms with Crippen molar-refractivity contribution in [3.05, 3.63) is 0 Å². The molecule has 1 saturated carbocycles. The van der Waals surface area contributed by atoms with Gasteiger partial charge in [0.25, 0.3) is 0 Å². The lowest BCUT2D eigenvalue weighted by atomic mass is 10.1. The highest BCUT2D eigenvalue weighted by molar-refractivity contribution is 5.83. The molecule has 0 amide bonds. The van der Waals surface area contributed by atoms with E-state index in [0.717, 1.165) is 18.5 Å². The second-order valence-corrected chi connectivity index (χ2v) is 4.19. The minimum Gasteiger partial charge on any atom is -0.371 e. The summed E-state index contributed by atoms with van der Waals surface area (Å²) < 4.78 is 0. The van der Waals surface area contributed by atoms with Crippen molar-refractivity contribution >= 4 is 5.84 Å². The first kappa shape index (κ1) is 8.09. The maximum absolute atomic E-state index is 4.43. The van der Waals surface area contributed by atoms with E-state index in [2.05, 4.69) is 17.2 Å². The molecule has 2 heteroatoms. The van der Waals surface area contributed by atoms with Crippen molar-refractivity contribution in [1.29, 1.82) is 0 Å². The lowest BCUT2D eigenvalue weighted by Gasteiger charge is -2.12. The van der Waals surface area contributed by atoms with E-state index in [9.17, 15) is 0 Å². The Morgan fingerprint density at radius 1 is 1.42 bits per heavy atom. The Hall–Kier alpha value is -0.530. The van der Waals surface area contributed by atoms with E-state index in [1.54, 1.807) is 0 Å². The minimum atomic E-state index is 0.733. The number of hydrogen-bond acceptors (Lipinski definition) is 2. The third-order valence-corrected chi connectivity index (χ3v) is 2.94. The molecular weight excluding hydrogens is 148 g/mol. The van der Waals surface area contributed by atoms with Crippen LogP contribution in [0.1, 0.15) is 39.0 Å². The van der Waals surface area contributed by atoms with E-state index in [4.69, 9.17) is 0 Å². The molecule has 0 aromatic carbocycles. The third kappa shape index (κ3) is 1.79. The molecule has 2 nitrogen and oxygen atoms in total. The molecule has 0 radical (unpaired) electrons. The van der Waals surface area contributed by atoms with Gasteiger partial charge in [-0.3, -0.25) is 4.99 Å². The summed E-state index contributed by atoms with van der Waals surface area (Å²) in [6.07, 6.45) is 6.53. The molecule has 12 heavy (non-hydrogen) atoms. The fraction of sp³-hybridized carbons (Fsp3) is 0.900. The van der Waals surface area contributed by atoms with E-state index in [1.807, 2.05) is 0 Å². The Labute approximate surface area is 74.5 Å². The Morgan fingerprint density at radius 2 is 2.33 bits per heavy atom. The van der Waals surface area contributed by atoms with Gasteiger partial charge in [-0.1, -0.05) is 6.92 Å². The molecule has 2 unspecified atom stereocenters. The molecule has 1 aliphatic carbocycles. The van der Waals surface area contributed by atoms with Crippen molar-refractivity contribution in [3.8, 4) is 0 Å². The predicted octanol–water partition coefficient (Wildman–Crippen LogP) is 1.96. The minimum absolute atomic E-state index is 0.733. The first-order valence-electron chi connectivity index (χ1n) is 5.14. The van der Waals surface area contributed by atoms with Gasteiger partial charge in [0.2, 0.25) is 0 Å². The second-order valence-electron chi connectivity index (χ2n) is 4.19. The van der Waals surface area contributed by atoms with Crippen LogP contribution in [0.5, 0.6) is 0 Å². The zero-order chi connectivity index (χ0) is 8.39. The SMILES string of the molecule is CC1CCC(NC2=NCCC2)C1. The first-order chi connectivity index (χ1) is 5.84. The molecule has 1 N–H and O–H groups in total. The summed E-state index contributed by atoms with van der Waals surface area (Å²) in [5, 5.41) is 3.56. The van der Waals surface area contributed by atoms with Crippen molar-refractivity contribution in [2.24, 2.45) is 10.9 Å². The molecule has 2 aliphatic rings. The fourth-order valence-corrected chi connectivity index (χ4v) is 2.23. The molecule has 0 saturated heterocycles. The van der Waals surface area contributed by atoms with Crippen LogP contribution in [-0.2, 0) is 0 Å². The Kier molecular flexibility index (Phi) is 2.33. The molecular formula is C10H18N2. The van der Waals surface area contributed by atoms with E-state index in [0.29, 0.717) is 0 Å². The molecule has 0 spiro atoms. The number of amidine groups is 1. The highest BCUT2D eigenvalue weighted by Gasteiger charge is 2.22. The Morgan fingerprint density at radius 3 is 2.92 bits per heavy atom. The van der Waals surface area contributed by atoms with Crippen LogP contribution in [0.25, 0.3) is 0 Å². The number of nitrogens with one attached hydrogen (secondary N) is 1. The largest absolute Gasteiger partial charge is 0.371 e. The average molecular weight is 166 g/mol. The smallest absolute Gasteiger partial charge is 0.0965 e. The van der Waals surface area contributed by atoms with Crippen LogP contribution < -0.4 is 5.32 Å². The molecule has 0 aromatic rings.